The van der Waals surface area contributed by atoms with E-state index >= 15 is 0 Å². The third-order valence-corrected chi connectivity index (χ3v) is 4.44. The van der Waals surface area contributed by atoms with Gasteiger partial charge in [0.25, 0.3) is 0 Å². The van der Waals surface area contributed by atoms with Gasteiger partial charge in [-0.25, -0.2) is 0 Å². The van der Waals surface area contributed by atoms with Crippen LogP contribution in [-0.2, 0) is 5.60 Å². The van der Waals surface area contributed by atoms with Crippen molar-refractivity contribution in [1.29, 1.82) is 0 Å². The Kier molecular flexibility index (Phi) is 2.94. The van der Waals surface area contributed by atoms with E-state index < -0.39 is 5.60 Å². The average Bonchev–Trinajstić information content (AvgIpc) is 2.61. The van der Waals surface area contributed by atoms with Crippen molar-refractivity contribution in [3.63, 3.8) is 0 Å². The van der Waals surface area contributed by atoms with Crippen molar-refractivity contribution in [2.75, 3.05) is 12.9 Å². The Hall–Kier alpha value is -0.670. The van der Waals surface area contributed by atoms with Crippen molar-refractivity contribution in [1.82, 2.24) is 0 Å². The topological polar surface area (TPSA) is 29.5 Å². The number of hydrogen-bond donors (Lipinski definition) is 1. The summed E-state index contributed by atoms with van der Waals surface area (Å²) in [6.45, 7) is 2.09. The fourth-order valence-electron chi connectivity index (χ4n) is 1.99. The molecule has 1 aromatic carbocycles. The maximum Gasteiger partial charge on any atom is 0.118 e. The summed E-state index contributed by atoms with van der Waals surface area (Å²) >= 11 is 1.83. The first kappa shape index (κ1) is 10.8. The minimum atomic E-state index is -0.656. The molecule has 0 unspecified atom stereocenters. The molecule has 2 atom stereocenters. The Balaban J connectivity index is 2.28. The zero-order chi connectivity index (χ0) is 10.9. The maximum absolute atomic E-state index is 10.5. The summed E-state index contributed by atoms with van der Waals surface area (Å²) in [6.07, 6.45) is 0.838. The molecule has 1 heterocycles. The third-order valence-electron chi connectivity index (χ3n) is 3.11. The highest BCUT2D eigenvalue weighted by Crippen LogP contribution is 2.43. The first-order valence-corrected chi connectivity index (χ1v) is 6.20. The normalized spacial score (nSPS) is 30.5. The number of rotatable bonds is 2. The molecule has 82 valence electrons. The molecule has 1 aromatic rings. The van der Waals surface area contributed by atoms with Gasteiger partial charge in [0.15, 0.2) is 0 Å². The van der Waals surface area contributed by atoms with Crippen LogP contribution in [0.3, 0.4) is 0 Å². The molecule has 3 heteroatoms. The van der Waals surface area contributed by atoms with Crippen LogP contribution in [0.1, 0.15) is 18.9 Å². The van der Waals surface area contributed by atoms with Gasteiger partial charge >= 0.3 is 0 Å². The van der Waals surface area contributed by atoms with Gasteiger partial charge in [0.05, 0.1) is 7.11 Å². The molecular weight excluding hydrogens is 208 g/mol. The van der Waals surface area contributed by atoms with E-state index in [-0.39, 0.29) is 5.25 Å². The minimum absolute atomic E-state index is 0.269. The molecule has 2 nitrogen and oxygen atoms in total. The van der Waals surface area contributed by atoms with Gasteiger partial charge in [0.1, 0.15) is 11.4 Å². The summed E-state index contributed by atoms with van der Waals surface area (Å²) < 4.78 is 5.10. The molecule has 0 bridgehead atoms. The van der Waals surface area contributed by atoms with E-state index in [9.17, 15) is 5.11 Å². The molecule has 1 aliphatic heterocycles. The number of hydrogen-bond acceptors (Lipinski definition) is 3. The summed E-state index contributed by atoms with van der Waals surface area (Å²) in [7, 11) is 1.65. The summed E-state index contributed by atoms with van der Waals surface area (Å²) in [5, 5.41) is 10.8. The van der Waals surface area contributed by atoms with Gasteiger partial charge in [0, 0.05) is 5.25 Å². The Morgan fingerprint density at radius 2 is 2.07 bits per heavy atom. The lowest BCUT2D eigenvalue weighted by Crippen LogP contribution is -2.31. The zero-order valence-electron chi connectivity index (χ0n) is 9.06. The van der Waals surface area contributed by atoms with E-state index in [1.165, 1.54) is 0 Å². The molecular formula is C12H16O2S. The number of methoxy groups -OCH3 is 1. The highest BCUT2D eigenvalue weighted by molar-refractivity contribution is 8.00. The molecule has 1 aliphatic rings. The summed E-state index contributed by atoms with van der Waals surface area (Å²) in [4.78, 5) is 0. The van der Waals surface area contributed by atoms with Crippen molar-refractivity contribution in [2.24, 2.45) is 0 Å². The Labute approximate surface area is 94.6 Å². The number of aliphatic hydroxyl groups is 1. The van der Waals surface area contributed by atoms with Crippen LogP contribution in [0.25, 0.3) is 0 Å². The first-order valence-electron chi connectivity index (χ1n) is 5.15. The van der Waals surface area contributed by atoms with Gasteiger partial charge < -0.3 is 9.84 Å². The largest absolute Gasteiger partial charge is 0.497 e. The van der Waals surface area contributed by atoms with E-state index in [0.29, 0.717) is 0 Å². The van der Waals surface area contributed by atoms with Crippen molar-refractivity contribution >= 4 is 11.8 Å². The van der Waals surface area contributed by atoms with E-state index in [1.807, 2.05) is 36.0 Å². The summed E-state index contributed by atoms with van der Waals surface area (Å²) in [5.74, 6) is 1.87. The zero-order valence-corrected chi connectivity index (χ0v) is 9.88. The molecule has 1 saturated heterocycles. The standard InChI is InChI=1S/C12H16O2S/c1-9-12(13,7-8-15-9)10-3-5-11(14-2)6-4-10/h3-6,9,13H,7-8H2,1-2H3/t9-,12-/m1/s1. The highest BCUT2D eigenvalue weighted by Gasteiger charge is 2.40. The van der Waals surface area contributed by atoms with E-state index in [4.69, 9.17) is 4.74 Å². The van der Waals surface area contributed by atoms with Crippen LogP contribution in [0.4, 0.5) is 0 Å². The molecule has 0 radical (unpaired) electrons. The quantitative estimate of drug-likeness (QED) is 0.836. The average molecular weight is 224 g/mol. The molecule has 0 aromatic heterocycles. The van der Waals surface area contributed by atoms with Gasteiger partial charge in [-0.1, -0.05) is 19.1 Å². The molecule has 15 heavy (non-hydrogen) atoms. The Bertz CT molecular complexity index is 336. The van der Waals surface area contributed by atoms with Crippen molar-refractivity contribution in [3.05, 3.63) is 29.8 Å². The van der Waals surface area contributed by atoms with Gasteiger partial charge in [-0.2, -0.15) is 11.8 Å². The Morgan fingerprint density at radius 1 is 1.40 bits per heavy atom. The first-order chi connectivity index (χ1) is 7.16. The minimum Gasteiger partial charge on any atom is -0.497 e. The second kappa shape index (κ2) is 4.06. The maximum atomic E-state index is 10.5. The number of ether oxygens (including phenoxy) is 1. The van der Waals surface area contributed by atoms with Crippen LogP contribution < -0.4 is 4.74 Å². The van der Waals surface area contributed by atoms with Crippen LogP contribution in [0.5, 0.6) is 5.75 Å². The lowest BCUT2D eigenvalue weighted by atomic mass is 9.88. The monoisotopic (exact) mass is 224 g/mol. The van der Waals surface area contributed by atoms with Gasteiger partial charge in [-0.05, 0) is 29.9 Å². The van der Waals surface area contributed by atoms with Crippen LogP contribution in [0.2, 0.25) is 0 Å². The van der Waals surface area contributed by atoms with Crippen molar-refractivity contribution in [3.8, 4) is 5.75 Å². The van der Waals surface area contributed by atoms with Crippen molar-refractivity contribution < 1.29 is 9.84 Å². The molecule has 0 spiro atoms. The van der Waals surface area contributed by atoms with Gasteiger partial charge in [0.2, 0.25) is 0 Å². The lowest BCUT2D eigenvalue weighted by Gasteiger charge is -2.27. The fraction of sp³-hybridized carbons (Fsp3) is 0.500. The highest BCUT2D eigenvalue weighted by atomic mass is 32.2. The molecule has 0 aliphatic carbocycles. The van der Waals surface area contributed by atoms with Crippen LogP contribution in [0, 0.1) is 0 Å². The molecule has 0 saturated carbocycles. The SMILES string of the molecule is COc1ccc([C@@]2(O)CCS[C@@H]2C)cc1. The second-order valence-electron chi connectivity index (χ2n) is 3.92. The fourth-order valence-corrected chi connectivity index (χ4v) is 3.30. The molecule has 0 amide bonds. The lowest BCUT2D eigenvalue weighted by molar-refractivity contribution is 0.0427. The van der Waals surface area contributed by atoms with E-state index in [2.05, 4.69) is 6.92 Å². The number of thioether (sulfide) groups is 1. The molecule has 1 N–H and O–H groups in total. The van der Waals surface area contributed by atoms with Crippen LogP contribution in [-0.4, -0.2) is 23.2 Å². The smallest absolute Gasteiger partial charge is 0.118 e. The predicted molar refractivity (Wildman–Crippen MR) is 63.4 cm³/mol. The Morgan fingerprint density at radius 3 is 2.53 bits per heavy atom. The molecule has 1 fully saturated rings. The summed E-state index contributed by atoms with van der Waals surface area (Å²) in [6, 6.07) is 7.73. The van der Waals surface area contributed by atoms with Gasteiger partial charge in [-0.15, -0.1) is 0 Å². The van der Waals surface area contributed by atoms with E-state index in [1.54, 1.807) is 7.11 Å². The summed E-state index contributed by atoms with van der Waals surface area (Å²) in [5.41, 5.74) is 0.345. The molecule has 2 rings (SSSR count). The van der Waals surface area contributed by atoms with Crippen LogP contribution in [0.15, 0.2) is 24.3 Å². The van der Waals surface area contributed by atoms with E-state index in [0.717, 1.165) is 23.5 Å². The second-order valence-corrected chi connectivity index (χ2v) is 5.36. The third kappa shape index (κ3) is 1.86. The predicted octanol–water partition coefficient (Wildman–Crippen LogP) is 2.41. The van der Waals surface area contributed by atoms with Crippen LogP contribution >= 0.6 is 11.8 Å². The van der Waals surface area contributed by atoms with Gasteiger partial charge in [-0.3, -0.25) is 0 Å². The van der Waals surface area contributed by atoms with Crippen molar-refractivity contribution in [2.45, 2.75) is 24.2 Å². The number of benzene rings is 1.